The van der Waals surface area contributed by atoms with Crippen molar-refractivity contribution in [3.63, 3.8) is 0 Å². The molecule has 1 aromatic rings. The molecule has 4 nitrogen and oxygen atoms in total. The van der Waals surface area contributed by atoms with Crippen LogP contribution in [0.1, 0.15) is 75.2 Å². The Balaban J connectivity index is 1.59. The number of allylic oxidation sites excluding steroid dienone is 4. The van der Waals surface area contributed by atoms with E-state index in [0.29, 0.717) is 6.04 Å². The standard InChI is InChI=1S/C28H38N2O2/c1-4-19-29-23-15-17-28(18-16-23)20-25(24-9-7-8-10-26(24)32-28)21-11-13-22(14-12-21)27(31)30(5-2)6-3/h7-8,10-14,20,23-24,29H,4-6,9,15-19H2,1-3H3. The molecule has 4 rings (SSSR count). The van der Waals surface area contributed by atoms with Gasteiger partial charge in [0.2, 0.25) is 0 Å². The van der Waals surface area contributed by atoms with Gasteiger partial charge in [0.15, 0.2) is 0 Å². The first-order valence-electron chi connectivity index (χ1n) is 12.5. The van der Waals surface area contributed by atoms with Crippen LogP contribution in [0.15, 0.2) is 54.3 Å². The summed E-state index contributed by atoms with van der Waals surface area (Å²) in [6.07, 6.45) is 15.5. The molecule has 1 aromatic carbocycles. The van der Waals surface area contributed by atoms with Crippen molar-refractivity contribution in [2.24, 2.45) is 5.92 Å². The smallest absolute Gasteiger partial charge is 0.253 e. The van der Waals surface area contributed by atoms with Crippen LogP contribution < -0.4 is 5.32 Å². The lowest BCUT2D eigenvalue weighted by molar-refractivity contribution is -0.01000. The Morgan fingerprint density at radius 3 is 2.50 bits per heavy atom. The highest BCUT2D eigenvalue weighted by molar-refractivity contribution is 5.94. The number of nitrogens with one attached hydrogen (secondary N) is 1. The normalized spacial score (nSPS) is 26.7. The van der Waals surface area contributed by atoms with Gasteiger partial charge in [0.05, 0.1) is 0 Å². The molecule has 1 aliphatic heterocycles. The van der Waals surface area contributed by atoms with Crippen molar-refractivity contribution in [2.75, 3.05) is 19.6 Å². The highest BCUT2D eigenvalue weighted by Gasteiger charge is 2.42. The minimum absolute atomic E-state index is 0.109. The highest BCUT2D eigenvalue weighted by atomic mass is 16.5. The van der Waals surface area contributed by atoms with Crippen LogP contribution in [0.3, 0.4) is 0 Å². The summed E-state index contributed by atoms with van der Waals surface area (Å²) >= 11 is 0. The maximum atomic E-state index is 12.7. The van der Waals surface area contributed by atoms with Gasteiger partial charge in [-0.2, -0.15) is 0 Å². The van der Waals surface area contributed by atoms with Gasteiger partial charge in [-0.3, -0.25) is 4.79 Å². The summed E-state index contributed by atoms with van der Waals surface area (Å²) in [6.45, 7) is 8.84. The predicted molar refractivity (Wildman–Crippen MR) is 131 cm³/mol. The average molecular weight is 435 g/mol. The van der Waals surface area contributed by atoms with Crippen molar-refractivity contribution >= 4 is 11.5 Å². The molecular formula is C28H38N2O2. The third-order valence-electron chi connectivity index (χ3n) is 7.26. The van der Waals surface area contributed by atoms with Gasteiger partial charge in [0, 0.05) is 30.6 Å². The first-order chi connectivity index (χ1) is 15.6. The molecule has 0 aromatic heterocycles. The number of benzene rings is 1. The first kappa shape index (κ1) is 22.8. The minimum atomic E-state index is -0.205. The monoisotopic (exact) mass is 434 g/mol. The molecule has 1 fully saturated rings. The summed E-state index contributed by atoms with van der Waals surface area (Å²) in [5, 5.41) is 3.69. The maximum absolute atomic E-state index is 12.7. The fraction of sp³-hybridized carbons (Fsp3) is 0.536. The molecule has 0 saturated heterocycles. The van der Waals surface area contributed by atoms with Gasteiger partial charge in [-0.25, -0.2) is 0 Å². The molecule has 1 spiro atoms. The van der Waals surface area contributed by atoms with E-state index >= 15 is 0 Å². The molecule has 1 N–H and O–H groups in total. The molecule has 1 atom stereocenters. The Bertz CT molecular complexity index is 885. The van der Waals surface area contributed by atoms with Gasteiger partial charge >= 0.3 is 0 Å². The van der Waals surface area contributed by atoms with Crippen LogP contribution >= 0.6 is 0 Å². The molecule has 3 aliphatic rings. The molecule has 4 heteroatoms. The van der Waals surface area contributed by atoms with E-state index in [2.05, 4.69) is 48.7 Å². The second kappa shape index (κ2) is 10.1. The van der Waals surface area contributed by atoms with Crippen LogP contribution in [0.4, 0.5) is 0 Å². The Morgan fingerprint density at radius 2 is 1.84 bits per heavy atom. The number of carbonyl (C=O) groups excluding carboxylic acids is 1. The lowest BCUT2D eigenvalue weighted by atomic mass is 9.74. The Hall–Kier alpha value is -2.33. The highest BCUT2D eigenvalue weighted by Crippen LogP contribution is 2.47. The Morgan fingerprint density at radius 1 is 1.12 bits per heavy atom. The Kier molecular flexibility index (Phi) is 7.20. The summed E-state index contributed by atoms with van der Waals surface area (Å²) < 4.78 is 6.69. The fourth-order valence-corrected chi connectivity index (χ4v) is 5.33. The number of nitrogens with zero attached hydrogens (tertiary/aromatic N) is 1. The summed E-state index contributed by atoms with van der Waals surface area (Å²) in [5.74, 6) is 1.48. The predicted octanol–water partition coefficient (Wildman–Crippen LogP) is 5.72. The number of carbonyl (C=O) groups is 1. The number of rotatable bonds is 7. The van der Waals surface area contributed by atoms with Crippen LogP contribution in [0, 0.1) is 5.92 Å². The third kappa shape index (κ3) is 4.71. The average Bonchev–Trinajstić information content (AvgIpc) is 2.84. The largest absolute Gasteiger partial charge is 0.487 e. The Labute approximate surface area is 193 Å². The van der Waals surface area contributed by atoms with Crippen LogP contribution in [0.2, 0.25) is 0 Å². The van der Waals surface area contributed by atoms with Crippen molar-refractivity contribution in [3.05, 3.63) is 65.5 Å². The van der Waals surface area contributed by atoms with E-state index in [0.717, 1.165) is 63.1 Å². The topological polar surface area (TPSA) is 41.6 Å². The van der Waals surface area contributed by atoms with Crippen molar-refractivity contribution in [1.29, 1.82) is 0 Å². The number of ether oxygens (including phenoxy) is 1. The molecule has 0 radical (unpaired) electrons. The van der Waals surface area contributed by atoms with Gasteiger partial charge < -0.3 is 15.0 Å². The molecule has 2 aliphatic carbocycles. The first-order valence-corrected chi connectivity index (χ1v) is 12.5. The third-order valence-corrected chi connectivity index (χ3v) is 7.26. The summed E-state index contributed by atoms with van der Waals surface area (Å²) in [6, 6.07) is 8.85. The number of amides is 1. The van der Waals surface area contributed by atoms with E-state index in [1.807, 2.05) is 30.9 Å². The van der Waals surface area contributed by atoms with E-state index in [4.69, 9.17) is 4.74 Å². The molecule has 0 bridgehead atoms. The van der Waals surface area contributed by atoms with E-state index in [-0.39, 0.29) is 17.4 Å². The van der Waals surface area contributed by atoms with Gasteiger partial charge in [-0.05, 0) is 94.3 Å². The fourth-order valence-electron chi connectivity index (χ4n) is 5.33. The van der Waals surface area contributed by atoms with E-state index < -0.39 is 0 Å². The molecule has 1 heterocycles. The lowest BCUT2D eigenvalue weighted by Gasteiger charge is -2.45. The summed E-state index contributed by atoms with van der Waals surface area (Å²) in [7, 11) is 0. The van der Waals surface area contributed by atoms with Crippen molar-refractivity contribution in [3.8, 4) is 0 Å². The lowest BCUT2D eigenvalue weighted by Crippen LogP contribution is -2.44. The van der Waals surface area contributed by atoms with Crippen molar-refractivity contribution < 1.29 is 9.53 Å². The molecular weight excluding hydrogens is 396 g/mol. The van der Waals surface area contributed by atoms with E-state index in [1.54, 1.807) is 0 Å². The van der Waals surface area contributed by atoms with E-state index in [9.17, 15) is 4.79 Å². The van der Waals surface area contributed by atoms with Crippen LogP contribution in [-0.2, 0) is 4.74 Å². The summed E-state index contributed by atoms with van der Waals surface area (Å²) in [4.78, 5) is 14.6. The zero-order valence-electron chi connectivity index (χ0n) is 19.9. The molecule has 172 valence electrons. The molecule has 1 amide bonds. The van der Waals surface area contributed by atoms with Gasteiger partial charge in [-0.15, -0.1) is 0 Å². The van der Waals surface area contributed by atoms with Crippen LogP contribution in [0.5, 0.6) is 0 Å². The minimum Gasteiger partial charge on any atom is -0.487 e. The second-order valence-corrected chi connectivity index (χ2v) is 9.34. The van der Waals surface area contributed by atoms with Crippen molar-refractivity contribution in [1.82, 2.24) is 10.2 Å². The number of hydrogen-bond donors (Lipinski definition) is 1. The van der Waals surface area contributed by atoms with E-state index in [1.165, 1.54) is 17.6 Å². The zero-order chi connectivity index (χ0) is 22.6. The summed E-state index contributed by atoms with van der Waals surface area (Å²) in [5.41, 5.74) is 3.12. The molecule has 1 saturated carbocycles. The quantitative estimate of drug-likeness (QED) is 0.596. The van der Waals surface area contributed by atoms with Gasteiger partial charge in [-0.1, -0.05) is 31.2 Å². The van der Waals surface area contributed by atoms with Crippen LogP contribution in [-0.4, -0.2) is 42.1 Å². The number of hydrogen-bond acceptors (Lipinski definition) is 3. The van der Waals surface area contributed by atoms with Crippen LogP contribution in [0.25, 0.3) is 5.57 Å². The SMILES string of the molecule is CCCNC1CCC2(C=C(c3ccc(C(=O)N(CC)CC)cc3)C3CC=CC=C3O2)CC1. The second-order valence-electron chi connectivity index (χ2n) is 9.34. The molecule has 32 heavy (non-hydrogen) atoms. The van der Waals surface area contributed by atoms with Gasteiger partial charge in [0.25, 0.3) is 5.91 Å². The van der Waals surface area contributed by atoms with Crippen molar-refractivity contribution in [2.45, 2.75) is 70.9 Å². The van der Waals surface area contributed by atoms with Gasteiger partial charge in [0.1, 0.15) is 11.4 Å². The number of fused-ring (bicyclic) bond motifs is 1. The zero-order valence-corrected chi connectivity index (χ0v) is 19.9. The molecule has 1 unspecified atom stereocenters. The maximum Gasteiger partial charge on any atom is 0.253 e.